The van der Waals surface area contributed by atoms with Crippen LogP contribution in [0.25, 0.3) is 0 Å². The number of ether oxygens (including phenoxy) is 1. The molecule has 1 amide bonds. The van der Waals surface area contributed by atoms with Gasteiger partial charge in [-0.3, -0.25) is 4.79 Å². The van der Waals surface area contributed by atoms with Crippen LogP contribution in [0, 0.1) is 13.8 Å². The average Bonchev–Trinajstić information content (AvgIpc) is 3.04. The zero-order chi connectivity index (χ0) is 16.9. The van der Waals surface area contributed by atoms with Gasteiger partial charge in [-0.2, -0.15) is 0 Å². The van der Waals surface area contributed by atoms with E-state index in [-0.39, 0.29) is 24.4 Å². The minimum Gasteiger partial charge on any atom is -0.485 e. The van der Waals surface area contributed by atoms with Crippen LogP contribution in [0.5, 0.6) is 5.75 Å². The zero-order valence-corrected chi connectivity index (χ0v) is 15.4. The van der Waals surface area contributed by atoms with Gasteiger partial charge in [0.05, 0.1) is 0 Å². The molecule has 6 heteroatoms. The van der Waals surface area contributed by atoms with E-state index < -0.39 is 0 Å². The number of furan rings is 1. The van der Waals surface area contributed by atoms with Crippen LogP contribution in [-0.2, 0) is 6.61 Å². The Bertz CT molecular complexity index is 708. The zero-order valence-electron chi connectivity index (χ0n) is 14.6. The number of benzene rings is 1. The minimum absolute atomic E-state index is 0. The topological polar surface area (TPSA) is 63.5 Å². The third kappa shape index (κ3) is 5.25. The summed E-state index contributed by atoms with van der Waals surface area (Å²) in [6, 6.07) is 9.77. The Hall–Kier alpha value is -1.98. The number of halogens is 1. The van der Waals surface area contributed by atoms with Crippen LogP contribution in [0.3, 0.4) is 0 Å². The van der Waals surface area contributed by atoms with E-state index >= 15 is 0 Å². The van der Waals surface area contributed by atoms with Gasteiger partial charge in [0.2, 0.25) is 0 Å². The second-order valence-corrected chi connectivity index (χ2v) is 6.32. The van der Waals surface area contributed by atoms with Gasteiger partial charge in [-0.05, 0) is 63.5 Å². The van der Waals surface area contributed by atoms with Crippen molar-refractivity contribution in [1.82, 2.24) is 10.6 Å². The standard InChI is InChI=1S/C19H24N2O3.ClH/c1-13-3-5-17(14(2)11-13)23-12-16-4-6-18(24-16)19(22)21-15-7-9-20-10-8-15;/h3-6,11,15,20H,7-10,12H2,1-2H3,(H,21,22);1H. The van der Waals surface area contributed by atoms with Crippen LogP contribution < -0.4 is 15.4 Å². The maximum atomic E-state index is 12.2. The van der Waals surface area contributed by atoms with E-state index in [0.717, 1.165) is 37.2 Å². The summed E-state index contributed by atoms with van der Waals surface area (Å²) < 4.78 is 11.4. The molecule has 0 spiro atoms. The summed E-state index contributed by atoms with van der Waals surface area (Å²) in [6.45, 7) is 6.26. The maximum absolute atomic E-state index is 12.2. The molecule has 0 bridgehead atoms. The lowest BCUT2D eigenvalue weighted by Gasteiger charge is -2.23. The molecule has 0 unspecified atom stereocenters. The van der Waals surface area contributed by atoms with E-state index in [0.29, 0.717) is 18.1 Å². The number of aryl methyl sites for hydroxylation is 2. The predicted molar refractivity (Wildman–Crippen MR) is 99.6 cm³/mol. The average molecular weight is 365 g/mol. The lowest BCUT2D eigenvalue weighted by atomic mass is 10.1. The first kappa shape index (κ1) is 19.3. The molecule has 1 saturated heterocycles. The highest BCUT2D eigenvalue weighted by molar-refractivity contribution is 5.91. The molecule has 0 atom stereocenters. The summed E-state index contributed by atoms with van der Waals surface area (Å²) in [5.74, 6) is 1.66. The molecule has 1 fully saturated rings. The summed E-state index contributed by atoms with van der Waals surface area (Å²) in [5.41, 5.74) is 2.29. The molecule has 0 aliphatic carbocycles. The molecule has 0 radical (unpaired) electrons. The van der Waals surface area contributed by atoms with Crippen LogP contribution in [0.1, 0.15) is 40.3 Å². The van der Waals surface area contributed by atoms with Gasteiger partial charge < -0.3 is 19.8 Å². The largest absolute Gasteiger partial charge is 0.485 e. The molecule has 2 aromatic rings. The fraction of sp³-hybridized carbons (Fsp3) is 0.421. The van der Waals surface area contributed by atoms with E-state index in [1.165, 1.54) is 5.56 Å². The number of rotatable bonds is 5. The highest BCUT2D eigenvalue weighted by Gasteiger charge is 2.18. The van der Waals surface area contributed by atoms with Gasteiger partial charge >= 0.3 is 0 Å². The van der Waals surface area contributed by atoms with Gasteiger partial charge in [0.25, 0.3) is 5.91 Å². The van der Waals surface area contributed by atoms with Gasteiger partial charge in [0, 0.05) is 6.04 Å². The van der Waals surface area contributed by atoms with Gasteiger partial charge in [0.15, 0.2) is 5.76 Å². The molecule has 2 N–H and O–H groups in total. The highest BCUT2D eigenvalue weighted by Crippen LogP contribution is 2.20. The number of piperidine rings is 1. The number of carbonyl (C=O) groups is 1. The van der Waals surface area contributed by atoms with Crippen LogP contribution in [0.15, 0.2) is 34.7 Å². The lowest BCUT2D eigenvalue weighted by Crippen LogP contribution is -2.42. The van der Waals surface area contributed by atoms with Crippen molar-refractivity contribution in [2.45, 2.75) is 39.3 Å². The van der Waals surface area contributed by atoms with Gasteiger partial charge in [-0.25, -0.2) is 0 Å². The third-order valence-corrected chi connectivity index (χ3v) is 4.26. The van der Waals surface area contributed by atoms with Crippen LogP contribution >= 0.6 is 12.4 Å². The van der Waals surface area contributed by atoms with Crippen LogP contribution in [0.2, 0.25) is 0 Å². The first-order valence-corrected chi connectivity index (χ1v) is 8.42. The summed E-state index contributed by atoms with van der Waals surface area (Å²) in [7, 11) is 0. The van der Waals surface area contributed by atoms with Gasteiger partial charge in [0.1, 0.15) is 18.1 Å². The summed E-state index contributed by atoms with van der Waals surface area (Å²) >= 11 is 0. The van der Waals surface area contributed by atoms with Crippen molar-refractivity contribution in [3.8, 4) is 5.75 Å². The van der Waals surface area contributed by atoms with Crippen LogP contribution in [-0.4, -0.2) is 25.0 Å². The molecule has 1 aromatic heterocycles. The van der Waals surface area contributed by atoms with Crippen molar-refractivity contribution in [2.75, 3.05) is 13.1 Å². The normalized spacial score (nSPS) is 14.6. The first-order chi connectivity index (χ1) is 11.6. The second-order valence-electron chi connectivity index (χ2n) is 6.32. The van der Waals surface area contributed by atoms with Gasteiger partial charge in [-0.1, -0.05) is 17.7 Å². The number of hydrogen-bond acceptors (Lipinski definition) is 4. The number of amides is 1. The molecule has 25 heavy (non-hydrogen) atoms. The molecular weight excluding hydrogens is 340 g/mol. The fourth-order valence-electron chi connectivity index (χ4n) is 2.91. The number of carbonyl (C=O) groups excluding carboxylic acids is 1. The SMILES string of the molecule is Cc1ccc(OCc2ccc(C(=O)NC3CCNCC3)o2)c(C)c1.Cl. The molecule has 0 saturated carbocycles. The van der Waals surface area contributed by atoms with Crippen molar-refractivity contribution in [3.05, 3.63) is 53.0 Å². The first-order valence-electron chi connectivity index (χ1n) is 8.42. The lowest BCUT2D eigenvalue weighted by molar-refractivity contribution is 0.0897. The maximum Gasteiger partial charge on any atom is 0.287 e. The van der Waals surface area contributed by atoms with Crippen LogP contribution in [0.4, 0.5) is 0 Å². The smallest absolute Gasteiger partial charge is 0.287 e. The van der Waals surface area contributed by atoms with E-state index in [4.69, 9.17) is 9.15 Å². The molecule has 136 valence electrons. The third-order valence-electron chi connectivity index (χ3n) is 4.26. The Balaban J connectivity index is 0.00000225. The minimum atomic E-state index is -0.153. The van der Waals surface area contributed by atoms with E-state index in [2.05, 4.69) is 23.6 Å². The van der Waals surface area contributed by atoms with Crippen molar-refractivity contribution in [1.29, 1.82) is 0 Å². The monoisotopic (exact) mass is 364 g/mol. The molecule has 1 aliphatic heterocycles. The molecule has 1 aliphatic rings. The number of hydrogen-bond donors (Lipinski definition) is 2. The molecule has 2 heterocycles. The Labute approximate surface area is 154 Å². The Morgan fingerprint density at radius 2 is 2.00 bits per heavy atom. The molecule has 5 nitrogen and oxygen atoms in total. The Morgan fingerprint density at radius 3 is 2.72 bits per heavy atom. The summed E-state index contributed by atoms with van der Waals surface area (Å²) in [5, 5.41) is 6.30. The fourth-order valence-corrected chi connectivity index (χ4v) is 2.91. The molecule has 3 rings (SSSR count). The quantitative estimate of drug-likeness (QED) is 0.853. The second kappa shape index (κ2) is 8.92. The van der Waals surface area contributed by atoms with Crippen molar-refractivity contribution < 1.29 is 13.9 Å². The van der Waals surface area contributed by atoms with E-state index in [9.17, 15) is 4.79 Å². The molecular formula is C19H25ClN2O3. The van der Waals surface area contributed by atoms with E-state index in [1.807, 2.05) is 19.1 Å². The Kier molecular flexibility index (Phi) is 6.91. The highest BCUT2D eigenvalue weighted by atomic mass is 35.5. The number of nitrogens with one attached hydrogen (secondary N) is 2. The van der Waals surface area contributed by atoms with E-state index in [1.54, 1.807) is 12.1 Å². The summed E-state index contributed by atoms with van der Waals surface area (Å²) in [4.78, 5) is 12.2. The Morgan fingerprint density at radius 1 is 1.24 bits per heavy atom. The van der Waals surface area contributed by atoms with Crippen molar-refractivity contribution in [2.24, 2.45) is 0 Å². The molecule has 1 aromatic carbocycles. The van der Waals surface area contributed by atoms with Gasteiger partial charge in [-0.15, -0.1) is 12.4 Å². The predicted octanol–water partition coefficient (Wildman–Crippen LogP) is 3.38. The van der Waals surface area contributed by atoms with Crippen molar-refractivity contribution >= 4 is 18.3 Å². The summed E-state index contributed by atoms with van der Waals surface area (Å²) in [6.07, 6.45) is 1.91. The van der Waals surface area contributed by atoms with Crippen molar-refractivity contribution in [3.63, 3.8) is 0 Å².